The summed E-state index contributed by atoms with van der Waals surface area (Å²) in [6.45, 7) is 3.77. The monoisotopic (exact) mass is 377 g/mol. The molecule has 1 aliphatic rings. The number of halogens is 1. The Labute approximate surface area is 154 Å². The average Bonchev–Trinajstić information content (AvgIpc) is 3.14. The fourth-order valence-corrected chi connectivity index (χ4v) is 3.70. The van der Waals surface area contributed by atoms with Crippen LogP contribution in [0.3, 0.4) is 0 Å². The Morgan fingerprint density at radius 2 is 2.08 bits per heavy atom. The molecule has 138 valence electrons. The van der Waals surface area contributed by atoms with Gasteiger partial charge in [0.05, 0.1) is 0 Å². The number of anilines is 1. The van der Waals surface area contributed by atoms with E-state index in [0.717, 1.165) is 24.4 Å². The highest BCUT2D eigenvalue weighted by molar-refractivity contribution is 7.13. The van der Waals surface area contributed by atoms with E-state index in [1.807, 2.05) is 6.92 Å². The van der Waals surface area contributed by atoms with Gasteiger partial charge < -0.3 is 15.5 Å². The van der Waals surface area contributed by atoms with Crippen molar-refractivity contribution >= 4 is 29.0 Å². The number of nitrogens with zero attached hydrogens (tertiary/aromatic N) is 3. The zero-order valence-corrected chi connectivity index (χ0v) is 15.2. The smallest absolute Gasteiger partial charge is 0.317 e. The third-order valence-corrected chi connectivity index (χ3v) is 5.21. The lowest BCUT2D eigenvalue weighted by atomic mass is 9.99. The minimum absolute atomic E-state index is 0.0732. The number of benzene rings is 1. The minimum Gasteiger partial charge on any atom is -0.338 e. The van der Waals surface area contributed by atoms with Crippen LogP contribution in [0.2, 0.25) is 0 Å². The highest BCUT2D eigenvalue weighted by Gasteiger charge is 2.27. The highest BCUT2D eigenvalue weighted by Crippen LogP contribution is 2.29. The number of piperidine rings is 1. The summed E-state index contributed by atoms with van der Waals surface area (Å²) in [4.78, 5) is 26.1. The molecule has 0 unspecified atom stereocenters. The number of carbonyl (C=O) groups is 2. The molecule has 9 heteroatoms. The van der Waals surface area contributed by atoms with Gasteiger partial charge in [0, 0.05) is 31.2 Å². The third kappa shape index (κ3) is 4.34. The van der Waals surface area contributed by atoms with Crippen LogP contribution < -0.4 is 10.6 Å². The van der Waals surface area contributed by atoms with Gasteiger partial charge in [0.2, 0.25) is 5.01 Å². The minimum atomic E-state index is -0.378. The van der Waals surface area contributed by atoms with Gasteiger partial charge in [-0.1, -0.05) is 11.3 Å². The van der Waals surface area contributed by atoms with Gasteiger partial charge in [-0.25, -0.2) is 9.18 Å². The lowest BCUT2D eigenvalue weighted by Crippen LogP contribution is -2.44. The molecule has 7 nitrogen and oxygen atoms in total. The SMILES string of the molecule is CCNC(=O)N1CCC[C@H](c2nnc(C(=O)Nc3ccc(F)cc3)s2)C1. The molecule has 3 amide bonds. The lowest BCUT2D eigenvalue weighted by molar-refractivity contribution is 0.102. The van der Waals surface area contributed by atoms with Crippen LogP contribution in [0, 0.1) is 5.82 Å². The molecule has 0 spiro atoms. The number of amides is 3. The molecule has 1 atom stereocenters. The topological polar surface area (TPSA) is 87.2 Å². The van der Waals surface area contributed by atoms with Gasteiger partial charge in [-0.3, -0.25) is 4.79 Å². The van der Waals surface area contributed by atoms with Crippen LogP contribution in [0.5, 0.6) is 0 Å². The maximum Gasteiger partial charge on any atom is 0.317 e. The van der Waals surface area contributed by atoms with Crippen LogP contribution in [-0.2, 0) is 0 Å². The molecule has 0 saturated carbocycles. The standard InChI is InChI=1S/C17H20FN5O2S/c1-2-19-17(25)23-9-3-4-11(10-23)15-21-22-16(26-15)14(24)20-13-7-5-12(18)6-8-13/h5-8,11H,2-4,9-10H2,1H3,(H,19,25)(H,20,24)/t11-/m0/s1. The molecule has 2 N–H and O–H groups in total. The molecule has 1 saturated heterocycles. The summed E-state index contributed by atoms with van der Waals surface area (Å²) in [7, 11) is 0. The van der Waals surface area contributed by atoms with Crippen molar-refractivity contribution in [2.75, 3.05) is 25.0 Å². The van der Waals surface area contributed by atoms with E-state index in [1.165, 1.54) is 35.6 Å². The number of carbonyl (C=O) groups excluding carboxylic acids is 2. The number of rotatable bonds is 4. The molecule has 1 fully saturated rings. The molecule has 26 heavy (non-hydrogen) atoms. The third-order valence-electron chi connectivity index (χ3n) is 4.12. The number of urea groups is 1. The highest BCUT2D eigenvalue weighted by atomic mass is 32.1. The molecule has 2 aromatic rings. The first-order valence-corrected chi connectivity index (χ1v) is 9.31. The zero-order chi connectivity index (χ0) is 18.5. The summed E-state index contributed by atoms with van der Waals surface area (Å²) in [5.74, 6) is -0.664. The van der Waals surface area contributed by atoms with Crippen molar-refractivity contribution in [3.8, 4) is 0 Å². The van der Waals surface area contributed by atoms with Gasteiger partial charge in [-0.2, -0.15) is 0 Å². The second-order valence-electron chi connectivity index (χ2n) is 6.03. The van der Waals surface area contributed by atoms with Gasteiger partial charge >= 0.3 is 6.03 Å². The summed E-state index contributed by atoms with van der Waals surface area (Å²) in [6.07, 6.45) is 1.79. The van der Waals surface area contributed by atoms with Gasteiger partial charge in [-0.05, 0) is 44.0 Å². The van der Waals surface area contributed by atoms with Crippen LogP contribution in [0.1, 0.15) is 40.5 Å². The molecule has 2 heterocycles. The van der Waals surface area contributed by atoms with Crippen molar-refractivity contribution in [1.29, 1.82) is 0 Å². The Balaban J connectivity index is 1.64. The Kier molecular flexibility index (Phi) is 5.77. The van der Waals surface area contributed by atoms with E-state index in [-0.39, 0.29) is 28.7 Å². The fourth-order valence-electron chi connectivity index (χ4n) is 2.84. The summed E-state index contributed by atoms with van der Waals surface area (Å²) in [5, 5.41) is 14.6. The van der Waals surface area contributed by atoms with Crippen LogP contribution >= 0.6 is 11.3 Å². The van der Waals surface area contributed by atoms with Crippen molar-refractivity contribution < 1.29 is 14.0 Å². The molecular formula is C17H20FN5O2S. The number of hydrogen-bond donors (Lipinski definition) is 2. The van der Waals surface area contributed by atoms with E-state index in [2.05, 4.69) is 20.8 Å². The molecular weight excluding hydrogens is 357 g/mol. The van der Waals surface area contributed by atoms with Crippen molar-refractivity contribution in [2.24, 2.45) is 0 Å². The quantitative estimate of drug-likeness (QED) is 0.858. The van der Waals surface area contributed by atoms with Crippen molar-refractivity contribution in [1.82, 2.24) is 20.4 Å². The first kappa shape index (κ1) is 18.2. The van der Waals surface area contributed by atoms with Crippen LogP contribution in [0.25, 0.3) is 0 Å². The van der Waals surface area contributed by atoms with E-state index in [0.29, 0.717) is 18.8 Å². The molecule has 0 aliphatic carbocycles. The molecule has 1 aromatic carbocycles. The predicted molar refractivity (Wildman–Crippen MR) is 96.9 cm³/mol. The number of aromatic nitrogens is 2. The van der Waals surface area contributed by atoms with Gasteiger partial charge in [0.25, 0.3) is 5.91 Å². The molecule has 1 aliphatic heterocycles. The Morgan fingerprint density at radius 1 is 1.31 bits per heavy atom. The summed E-state index contributed by atoms with van der Waals surface area (Å²) in [6, 6.07) is 5.45. The predicted octanol–water partition coefficient (Wildman–Crippen LogP) is 2.84. The van der Waals surface area contributed by atoms with Gasteiger partial charge in [-0.15, -0.1) is 10.2 Å². The Hall–Kier alpha value is -2.55. The number of nitrogens with one attached hydrogen (secondary N) is 2. The molecule has 0 bridgehead atoms. The molecule has 3 rings (SSSR count). The van der Waals surface area contributed by atoms with Crippen molar-refractivity contribution in [3.63, 3.8) is 0 Å². The lowest BCUT2D eigenvalue weighted by Gasteiger charge is -2.31. The van der Waals surface area contributed by atoms with Gasteiger partial charge in [0.1, 0.15) is 10.8 Å². The van der Waals surface area contributed by atoms with Crippen molar-refractivity contribution in [3.05, 3.63) is 40.1 Å². The normalized spacial score (nSPS) is 17.0. The van der Waals surface area contributed by atoms with E-state index in [1.54, 1.807) is 4.90 Å². The maximum atomic E-state index is 12.9. The largest absolute Gasteiger partial charge is 0.338 e. The second-order valence-corrected chi connectivity index (χ2v) is 7.04. The molecule has 1 aromatic heterocycles. The molecule has 0 radical (unpaired) electrons. The summed E-state index contributed by atoms with van der Waals surface area (Å²) < 4.78 is 12.9. The van der Waals surface area contributed by atoms with Crippen LogP contribution in [0.15, 0.2) is 24.3 Å². The van der Waals surface area contributed by atoms with E-state index < -0.39 is 0 Å². The van der Waals surface area contributed by atoms with Crippen LogP contribution in [0.4, 0.5) is 14.9 Å². The Morgan fingerprint density at radius 3 is 2.81 bits per heavy atom. The fraction of sp³-hybridized carbons (Fsp3) is 0.412. The average molecular weight is 377 g/mol. The van der Waals surface area contributed by atoms with Crippen LogP contribution in [-0.4, -0.2) is 46.7 Å². The maximum absolute atomic E-state index is 12.9. The first-order valence-electron chi connectivity index (χ1n) is 8.50. The van der Waals surface area contributed by atoms with E-state index in [4.69, 9.17) is 0 Å². The first-order chi connectivity index (χ1) is 12.6. The summed E-state index contributed by atoms with van der Waals surface area (Å²) >= 11 is 1.23. The summed E-state index contributed by atoms with van der Waals surface area (Å²) in [5.41, 5.74) is 0.494. The zero-order valence-electron chi connectivity index (χ0n) is 14.4. The Bertz CT molecular complexity index is 780. The van der Waals surface area contributed by atoms with Crippen molar-refractivity contribution in [2.45, 2.75) is 25.7 Å². The van der Waals surface area contributed by atoms with E-state index >= 15 is 0 Å². The van der Waals surface area contributed by atoms with E-state index in [9.17, 15) is 14.0 Å². The second kappa shape index (κ2) is 8.22. The number of likely N-dealkylation sites (tertiary alicyclic amines) is 1. The number of hydrogen-bond acceptors (Lipinski definition) is 5. The van der Waals surface area contributed by atoms with Gasteiger partial charge in [0.15, 0.2) is 0 Å².